The molecule has 0 unspecified atom stereocenters. The highest BCUT2D eigenvalue weighted by Crippen LogP contribution is 2.33. The molecule has 0 saturated carbocycles. The van der Waals surface area contributed by atoms with E-state index < -0.39 is 15.9 Å². The van der Waals surface area contributed by atoms with Crippen molar-refractivity contribution in [2.75, 3.05) is 25.5 Å². The minimum absolute atomic E-state index is 0.00364. The molecule has 8 nitrogen and oxygen atoms in total. The van der Waals surface area contributed by atoms with Crippen LogP contribution in [0.3, 0.4) is 0 Å². The van der Waals surface area contributed by atoms with Crippen molar-refractivity contribution in [3.05, 3.63) is 28.8 Å². The largest absolute Gasteiger partial charge is 0.495 e. The summed E-state index contributed by atoms with van der Waals surface area (Å²) in [5.74, 6) is 0.640. The van der Waals surface area contributed by atoms with Crippen LogP contribution in [-0.4, -0.2) is 49.0 Å². The van der Waals surface area contributed by atoms with Crippen LogP contribution in [0.5, 0.6) is 5.75 Å². The number of anilines is 1. The van der Waals surface area contributed by atoms with Gasteiger partial charge in [-0.15, -0.1) is 10.2 Å². The Balaban J connectivity index is 1.86. The average Bonchev–Trinajstić information content (AvgIpc) is 3.21. The molecule has 2 aromatic rings. The molecule has 10 heteroatoms. The third-order valence-electron chi connectivity index (χ3n) is 5.87. The highest BCUT2D eigenvalue weighted by Gasteiger charge is 2.34. The molecular formula is C22H32N4O4S2. The van der Waals surface area contributed by atoms with Crippen LogP contribution >= 0.6 is 11.3 Å². The number of ether oxygens (including phenoxy) is 1. The molecule has 2 heterocycles. The summed E-state index contributed by atoms with van der Waals surface area (Å²) in [7, 11) is -2.38. The molecule has 1 amide bonds. The van der Waals surface area contributed by atoms with Crippen molar-refractivity contribution < 1.29 is 17.9 Å². The number of rotatable bonds is 8. The minimum atomic E-state index is -3.81. The van der Waals surface area contributed by atoms with Gasteiger partial charge in [0.15, 0.2) is 0 Å². The fourth-order valence-electron chi connectivity index (χ4n) is 4.22. The molecule has 0 radical (unpaired) electrons. The fourth-order valence-corrected chi connectivity index (χ4v) is 7.08. The predicted octanol–water partition coefficient (Wildman–Crippen LogP) is 4.37. The van der Waals surface area contributed by atoms with Crippen LogP contribution in [-0.2, 0) is 10.0 Å². The van der Waals surface area contributed by atoms with Crippen LogP contribution in [0.2, 0.25) is 0 Å². The number of benzene rings is 1. The summed E-state index contributed by atoms with van der Waals surface area (Å²) in [5, 5.41) is 12.3. The van der Waals surface area contributed by atoms with Gasteiger partial charge in [-0.2, -0.15) is 4.31 Å². The monoisotopic (exact) mass is 480 g/mol. The number of piperidine rings is 1. The van der Waals surface area contributed by atoms with E-state index in [-0.39, 0.29) is 28.0 Å². The smallest absolute Gasteiger partial charge is 0.257 e. The van der Waals surface area contributed by atoms with E-state index in [9.17, 15) is 13.2 Å². The minimum Gasteiger partial charge on any atom is -0.495 e. The summed E-state index contributed by atoms with van der Waals surface area (Å²) >= 11 is 1.35. The lowest BCUT2D eigenvalue weighted by molar-refractivity contribution is 0.102. The Bertz CT molecular complexity index is 1040. The molecule has 1 fully saturated rings. The van der Waals surface area contributed by atoms with Gasteiger partial charge < -0.3 is 4.74 Å². The molecule has 1 aromatic heterocycles. The number of sulfonamides is 1. The quantitative estimate of drug-likeness (QED) is 0.602. The molecule has 176 valence electrons. The molecule has 0 aliphatic carbocycles. The molecule has 3 rings (SSSR count). The second kappa shape index (κ2) is 10.3. The highest BCUT2D eigenvalue weighted by atomic mass is 32.2. The lowest BCUT2D eigenvalue weighted by Crippen LogP contribution is -2.42. The van der Waals surface area contributed by atoms with Crippen LogP contribution < -0.4 is 10.1 Å². The van der Waals surface area contributed by atoms with Gasteiger partial charge in [0, 0.05) is 24.6 Å². The number of aromatic nitrogens is 2. The van der Waals surface area contributed by atoms with Crippen molar-refractivity contribution in [2.45, 2.75) is 57.8 Å². The number of carbonyl (C=O) groups is 1. The zero-order chi connectivity index (χ0) is 23.5. The summed E-state index contributed by atoms with van der Waals surface area (Å²) in [4.78, 5) is 12.9. The van der Waals surface area contributed by atoms with Crippen molar-refractivity contribution >= 4 is 32.4 Å². The van der Waals surface area contributed by atoms with Gasteiger partial charge >= 0.3 is 0 Å². The second-order valence-corrected chi connectivity index (χ2v) is 11.5. The summed E-state index contributed by atoms with van der Waals surface area (Å²) in [6.07, 6.45) is 2.89. The predicted molar refractivity (Wildman–Crippen MR) is 126 cm³/mol. The zero-order valence-electron chi connectivity index (χ0n) is 19.3. The maximum absolute atomic E-state index is 13.4. The third kappa shape index (κ3) is 5.29. The first-order chi connectivity index (χ1) is 15.2. The van der Waals surface area contributed by atoms with E-state index in [1.807, 2.05) is 0 Å². The lowest BCUT2D eigenvalue weighted by Gasteiger charge is -2.34. The Hall–Kier alpha value is -2.04. The number of hydrogen-bond acceptors (Lipinski definition) is 7. The van der Waals surface area contributed by atoms with Crippen molar-refractivity contribution in [1.82, 2.24) is 14.5 Å². The van der Waals surface area contributed by atoms with E-state index in [1.54, 1.807) is 6.07 Å². The van der Waals surface area contributed by atoms with Crippen LogP contribution in [0.1, 0.15) is 68.2 Å². The van der Waals surface area contributed by atoms with E-state index in [0.29, 0.717) is 24.1 Å². The molecular weight excluding hydrogens is 448 g/mol. The molecule has 2 atom stereocenters. The van der Waals surface area contributed by atoms with Crippen molar-refractivity contribution in [2.24, 2.45) is 11.8 Å². The second-order valence-electron chi connectivity index (χ2n) is 8.55. The Morgan fingerprint density at radius 3 is 2.47 bits per heavy atom. The number of nitrogens with one attached hydrogen (secondary N) is 1. The Kier molecular flexibility index (Phi) is 7.89. The molecule has 1 aliphatic heterocycles. The van der Waals surface area contributed by atoms with Gasteiger partial charge in [0.1, 0.15) is 15.7 Å². The first-order valence-electron chi connectivity index (χ1n) is 11.0. The molecule has 1 N–H and O–H groups in total. The van der Waals surface area contributed by atoms with Gasteiger partial charge in [0.2, 0.25) is 15.2 Å². The molecule has 0 spiro atoms. The van der Waals surface area contributed by atoms with Gasteiger partial charge in [-0.1, -0.05) is 39.0 Å². The van der Waals surface area contributed by atoms with Crippen molar-refractivity contribution in [1.29, 1.82) is 0 Å². The van der Waals surface area contributed by atoms with Gasteiger partial charge in [-0.25, -0.2) is 8.42 Å². The van der Waals surface area contributed by atoms with E-state index in [4.69, 9.17) is 4.74 Å². The summed E-state index contributed by atoms with van der Waals surface area (Å²) in [6, 6.07) is 4.46. The Labute approximate surface area is 194 Å². The van der Waals surface area contributed by atoms with E-state index in [1.165, 1.54) is 34.9 Å². The van der Waals surface area contributed by atoms with Gasteiger partial charge in [0.25, 0.3) is 5.91 Å². The fraction of sp³-hybridized carbons (Fsp3) is 0.591. The highest BCUT2D eigenvalue weighted by molar-refractivity contribution is 7.89. The molecule has 1 aliphatic rings. The topological polar surface area (TPSA) is 101 Å². The number of hydrogen-bond donors (Lipinski definition) is 1. The normalized spacial score (nSPS) is 19.8. The van der Waals surface area contributed by atoms with Gasteiger partial charge in [-0.05, 0) is 49.3 Å². The van der Waals surface area contributed by atoms with Gasteiger partial charge in [0.05, 0.1) is 7.11 Å². The van der Waals surface area contributed by atoms with Crippen molar-refractivity contribution in [3.63, 3.8) is 0 Å². The molecule has 1 saturated heterocycles. The van der Waals surface area contributed by atoms with Crippen LogP contribution in [0.25, 0.3) is 0 Å². The Morgan fingerprint density at radius 1 is 1.22 bits per heavy atom. The van der Waals surface area contributed by atoms with Gasteiger partial charge in [-0.3, -0.25) is 10.1 Å². The van der Waals surface area contributed by atoms with Crippen LogP contribution in [0, 0.1) is 11.8 Å². The maximum atomic E-state index is 13.4. The summed E-state index contributed by atoms with van der Waals surface area (Å²) < 4.78 is 33.7. The number of methoxy groups -OCH3 is 1. The zero-order valence-corrected chi connectivity index (χ0v) is 20.9. The average molecular weight is 481 g/mol. The van der Waals surface area contributed by atoms with E-state index in [2.05, 4.69) is 43.2 Å². The SMILES string of the molecule is CCC(CC)c1nnc(NC(=O)c2ccc(OC)c(S(=O)(=O)N3C[C@H](C)C[C@@H](C)C3)c2)s1. The molecule has 0 bridgehead atoms. The number of nitrogens with zero attached hydrogens (tertiary/aromatic N) is 3. The standard InChI is InChI=1S/C22H32N4O4S2/c1-6-16(7-2)21-24-25-22(31-21)23-20(27)17-8-9-18(30-5)19(11-17)32(28,29)26-12-14(3)10-15(4)13-26/h8-9,11,14-16H,6-7,10,12-13H2,1-5H3,(H,23,25,27)/t14-,15-/m1/s1. The van der Waals surface area contributed by atoms with Crippen LogP contribution in [0.4, 0.5) is 5.13 Å². The van der Waals surface area contributed by atoms with E-state index in [0.717, 1.165) is 24.3 Å². The van der Waals surface area contributed by atoms with E-state index >= 15 is 0 Å². The first kappa shape index (κ1) is 24.6. The third-order valence-corrected chi connectivity index (χ3v) is 8.73. The van der Waals surface area contributed by atoms with Crippen molar-refractivity contribution in [3.8, 4) is 5.75 Å². The lowest BCUT2D eigenvalue weighted by atomic mass is 9.94. The number of carbonyl (C=O) groups excluding carboxylic acids is 1. The summed E-state index contributed by atoms with van der Waals surface area (Å²) in [5.41, 5.74) is 0.224. The molecule has 1 aromatic carbocycles. The Morgan fingerprint density at radius 2 is 1.88 bits per heavy atom. The number of amides is 1. The van der Waals surface area contributed by atoms with Crippen LogP contribution in [0.15, 0.2) is 23.1 Å². The summed E-state index contributed by atoms with van der Waals surface area (Å²) in [6.45, 7) is 9.20. The maximum Gasteiger partial charge on any atom is 0.257 e. The first-order valence-corrected chi connectivity index (χ1v) is 13.3. The molecule has 32 heavy (non-hydrogen) atoms.